The molecule has 3 rings (SSSR count). The molecule has 0 radical (unpaired) electrons. The molecule has 2 N–H and O–H groups in total. The molecule has 118 valence electrons. The molecule has 0 spiro atoms. The minimum Gasteiger partial charge on any atom is -0.507 e. The van der Waals surface area contributed by atoms with Crippen LogP contribution in [0.5, 0.6) is 5.75 Å². The molecule has 0 atom stereocenters. The van der Waals surface area contributed by atoms with E-state index >= 15 is 0 Å². The number of rotatable bonds is 4. The zero-order valence-electron chi connectivity index (χ0n) is 12.7. The molecule has 5 heteroatoms. The second-order valence-electron chi connectivity index (χ2n) is 5.33. The average molecular weight is 326 g/mol. The maximum Gasteiger partial charge on any atom is 0.260 e. The number of aromatic hydroxyl groups is 1. The first-order chi connectivity index (χ1) is 11.2. The van der Waals surface area contributed by atoms with Gasteiger partial charge in [-0.15, -0.1) is 0 Å². The van der Waals surface area contributed by atoms with E-state index in [0.29, 0.717) is 10.7 Å². The zero-order valence-corrected chi connectivity index (χ0v) is 13.5. The lowest BCUT2D eigenvalue weighted by molar-refractivity contribution is 0.0975. The predicted molar refractivity (Wildman–Crippen MR) is 94.2 cm³/mol. The molecule has 0 saturated heterocycles. The van der Waals surface area contributed by atoms with Crippen molar-refractivity contribution < 1.29 is 9.90 Å². The summed E-state index contributed by atoms with van der Waals surface area (Å²) in [5, 5.41) is 13.3. The van der Waals surface area contributed by atoms with E-state index in [0.717, 1.165) is 30.7 Å². The van der Waals surface area contributed by atoms with Gasteiger partial charge in [0.15, 0.2) is 5.17 Å². The number of hydrogen-bond acceptors (Lipinski definition) is 4. The van der Waals surface area contributed by atoms with Gasteiger partial charge in [-0.25, -0.2) is 0 Å². The van der Waals surface area contributed by atoms with E-state index in [1.807, 2.05) is 24.3 Å². The average Bonchev–Trinajstić information content (AvgIpc) is 3.08. The molecule has 1 aliphatic rings. The highest BCUT2D eigenvalue weighted by molar-refractivity contribution is 8.14. The van der Waals surface area contributed by atoms with Crippen molar-refractivity contribution in [1.82, 2.24) is 5.32 Å². The van der Waals surface area contributed by atoms with Crippen molar-refractivity contribution in [2.24, 2.45) is 4.99 Å². The lowest BCUT2D eigenvalue weighted by Gasteiger charge is -2.09. The van der Waals surface area contributed by atoms with Gasteiger partial charge in [-0.2, -0.15) is 0 Å². The van der Waals surface area contributed by atoms with Crippen LogP contribution in [-0.2, 0) is 12.8 Å². The van der Waals surface area contributed by atoms with Crippen LogP contribution in [0, 0.1) is 0 Å². The summed E-state index contributed by atoms with van der Waals surface area (Å²) < 4.78 is 0. The number of phenols is 1. The SMILES string of the molecule is O=C(NC1=NCCS1)c1cc(CCc2ccccc2)ccc1O. The number of carbonyl (C=O) groups is 1. The number of phenolic OH excluding ortho intramolecular Hbond substituents is 1. The summed E-state index contributed by atoms with van der Waals surface area (Å²) in [4.78, 5) is 16.5. The highest BCUT2D eigenvalue weighted by Gasteiger charge is 2.16. The Morgan fingerprint density at radius 3 is 2.65 bits per heavy atom. The van der Waals surface area contributed by atoms with Gasteiger partial charge < -0.3 is 10.4 Å². The third kappa shape index (κ3) is 4.13. The lowest BCUT2D eigenvalue weighted by atomic mass is 10.0. The van der Waals surface area contributed by atoms with Crippen molar-refractivity contribution in [1.29, 1.82) is 0 Å². The maximum absolute atomic E-state index is 12.3. The Bertz CT molecular complexity index is 729. The van der Waals surface area contributed by atoms with Crippen LogP contribution in [0.1, 0.15) is 21.5 Å². The van der Waals surface area contributed by atoms with E-state index < -0.39 is 0 Å². The van der Waals surface area contributed by atoms with Gasteiger partial charge in [-0.3, -0.25) is 9.79 Å². The third-order valence-corrected chi connectivity index (χ3v) is 4.55. The zero-order chi connectivity index (χ0) is 16.1. The Labute approximate surface area is 139 Å². The predicted octanol–water partition coefficient (Wildman–Crippen LogP) is 3.01. The van der Waals surface area contributed by atoms with Gasteiger partial charge >= 0.3 is 0 Å². The molecule has 2 aromatic rings. The third-order valence-electron chi connectivity index (χ3n) is 3.66. The molecule has 1 amide bonds. The van der Waals surface area contributed by atoms with Gasteiger partial charge in [0, 0.05) is 5.75 Å². The molecule has 0 aromatic heterocycles. The quantitative estimate of drug-likeness (QED) is 0.908. The number of aliphatic imine (C=N–C) groups is 1. The van der Waals surface area contributed by atoms with Crippen molar-refractivity contribution in [3.63, 3.8) is 0 Å². The summed E-state index contributed by atoms with van der Waals surface area (Å²) >= 11 is 1.52. The minimum absolute atomic E-state index is 0.00504. The number of amides is 1. The van der Waals surface area contributed by atoms with Gasteiger partial charge in [-0.05, 0) is 36.1 Å². The number of thioether (sulfide) groups is 1. The van der Waals surface area contributed by atoms with Crippen molar-refractivity contribution in [3.05, 3.63) is 65.2 Å². The Balaban J connectivity index is 1.69. The molecule has 1 aliphatic heterocycles. The fraction of sp³-hybridized carbons (Fsp3) is 0.222. The van der Waals surface area contributed by atoms with Gasteiger partial charge in [0.1, 0.15) is 5.75 Å². The van der Waals surface area contributed by atoms with E-state index in [-0.39, 0.29) is 11.7 Å². The number of carbonyl (C=O) groups excluding carboxylic acids is 1. The van der Waals surface area contributed by atoms with Gasteiger partial charge in [0.25, 0.3) is 5.91 Å². The van der Waals surface area contributed by atoms with E-state index in [2.05, 4.69) is 22.4 Å². The summed E-state index contributed by atoms with van der Waals surface area (Å²) in [6.07, 6.45) is 1.72. The van der Waals surface area contributed by atoms with Gasteiger partial charge in [-0.1, -0.05) is 48.2 Å². The number of nitrogens with zero attached hydrogens (tertiary/aromatic N) is 1. The summed E-state index contributed by atoms with van der Waals surface area (Å²) in [6, 6.07) is 15.4. The lowest BCUT2D eigenvalue weighted by Crippen LogP contribution is -2.27. The summed E-state index contributed by atoms with van der Waals surface area (Å²) in [6.45, 7) is 0.726. The summed E-state index contributed by atoms with van der Waals surface area (Å²) in [7, 11) is 0. The Morgan fingerprint density at radius 1 is 1.13 bits per heavy atom. The molecule has 23 heavy (non-hydrogen) atoms. The molecular formula is C18H18N2O2S. The van der Waals surface area contributed by atoms with E-state index in [1.54, 1.807) is 12.1 Å². The Kier molecular flexibility index (Phi) is 4.98. The first-order valence-electron chi connectivity index (χ1n) is 7.57. The number of nitrogens with one attached hydrogen (secondary N) is 1. The van der Waals surface area contributed by atoms with Crippen molar-refractivity contribution in [2.45, 2.75) is 12.8 Å². The van der Waals surface area contributed by atoms with Crippen LogP contribution in [0.3, 0.4) is 0 Å². The van der Waals surface area contributed by atoms with E-state index in [9.17, 15) is 9.90 Å². The minimum atomic E-state index is -0.308. The number of aryl methyl sites for hydroxylation is 2. The van der Waals surface area contributed by atoms with Crippen molar-refractivity contribution >= 4 is 22.8 Å². The molecule has 0 bridgehead atoms. The first-order valence-corrected chi connectivity index (χ1v) is 8.55. The number of amidine groups is 1. The first kappa shape index (κ1) is 15.6. The fourth-order valence-corrected chi connectivity index (χ4v) is 3.15. The van der Waals surface area contributed by atoms with Gasteiger partial charge in [0.05, 0.1) is 12.1 Å². The maximum atomic E-state index is 12.3. The van der Waals surface area contributed by atoms with Crippen LogP contribution in [0.25, 0.3) is 0 Å². The highest BCUT2D eigenvalue weighted by atomic mass is 32.2. The van der Waals surface area contributed by atoms with Crippen molar-refractivity contribution in [3.8, 4) is 5.75 Å². The molecular weight excluding hydrogens is 308 g/mol. The van der Waals surface area contributed by atoms with Gasteiger partial charge in [0.2, 0.25) is 0 Å². The second kappa shape index (κ2) is 7.33. The molecule has 1 heterocycles. The van der Waals surface area contributed by atoms with Crippen LogP contribution in [0.4, 0.5) is 0 Å². The van der Waals surface area contributed by atoms with Crippen LogP contribution < -0.4 is 5.32 Å². The molecule has 0 fully saturated rings. The Hall–Kier alpha value is -2.27. The van der Waals surface area contributed by atoms with Crippen LogP contribution in [-0.4, -0.2) is 28.5 Å². The molecule has 0 saturated carbocycles. The topological polar surface area (TPSA) is 61.7 Å². The Morgan fingerprint density at radius 2 is 1.91 bits per heavy atom. The largest absolute Gasteiger partial charge is 0.507 e. The van der Waals surface area contributed by atoms with Crippen LogP contribution in [0.15, 0.2) is 53.5 Å². The standard InChI is InChI=1S/C18H18N2O2S/c21-16-9-8-14(7-6-13-4-2-1-3-5-13)12-15(16)17(22)20-18-19-10-11-23-18/h1-5,8-9,12,21H,6-7,10-11H2,(H,19,20,22). The molecule has 0 unspecified atom stereocenters. The molecule has 2 aromatic carbocycles. The summed E-state index contributed by atoms with van der Waals surface area (Å²) in [5.74, 6) is 0.574. The normalized spacial score (nSPS) is 13.7. The molecule has 0 aliphatic carbocycles. The smallest absolute Gasteiger partial charge is 0.260 e. The highest BCUT2D eigenvalue weighted by Crippen LogP contribution is 2.20. The van der Waals surface area contributed by atoms with E-state index in [1.165, 1.54) is 17.3 Å². The number of benzene rings is 2. The van der Waals surface area contributed by atoms with Crippen molar-refractivity contribution in [2.75, 3.05) is 12.3 Å². The number of hydrogen-bond donors (Lipinski definition) is 2. The monoisotopic (exact) mass is 326 g/mol. The second-order valence-corrected chi connectivity index (χ2v) is 6.41. The van der Waals surface area contributed by atoms with E-state index in [4.69, 9.17) is 0 Å². The summed E-state index contributed by atoms with van der Waals surface area (Å²) in [5.41, 5.74) is 2.58. The van der Waals surface area contributed by atoms with Crippen LogP contribution >= 0.6 is 11.8 Å². The fourth-order valence-electron chi connectivity index (χ4n) is 2.43. The van der Waals surface area contributed by atoms with Crippen LogP contribution in [0.2, 0.25) is 0 Å². The molecule has 4 nitrogen and oxygen atoms in total.